The van der Waals surface area contributed by atoms with Crippen molar-refractivity contribution >= 4 is 23.1 Å². The van der Waals surface area contributed by atoms with Crippen molar-refractivity contribution in [1.82, 2.24) is 9.78 Å². The molecule has 0 radical (unpaired) electrons. The quantitative estimate of drug-likeness (QED) is 0.502. The first-order valence-electron chi connectivity index (χ1n) is 9.64. The van der Waals surface area contributed by atoms with Gasteiger partial charge in [0.2, 0.25) is 5.91 Å². The third-order valence-electron chi connectivity index (χ3n) is 5.06. The highest BCUT2D eigenvalue weighted by atomic mass is 32.1. The number of nitrogens with one attached hydrogen (secondary N) is 1. The Hall–Kier alpha value is -3.42. The lowest BCUT2D eigenvalue weighted by atomic mass is 9.87. The van der Waals surface area contributed by atoms with Gasteiger partial charge in [-0.05, 0) is 23.6 Å². The van der Waals surface area contributed by atoms with Crippen molar-refractivity contribution < 1.29 is 14.6 Å². The van der Waals surface area contributed by atoms with Crippen LogP contribution in [0.3, 0.4) is 0 Å². The molecule has 0 saturated carbocycles. The first-order valence-corrected chi connectivity index (χ1v) is 10.5. The molecule has 5 rings (SSSR count). The Morgan fingerprint density at radius 2 is 1.77 bits per heavy atom. The van der Waals surface area contributed by atoms with Crippen molar-refractivity contribution in [2.24, 2.45) is 0 Å². The van der Waals surface area contributed by atoms with Gasteiger partial charge in [0.15, 0.2) is 0 Å². The molecule has 4 aromatic rings. The van der Waals surface area contributed by atoms with E-state index in [4.69, 9.17) is 4.74 Å². The monoisotopic (exact) mass is 417 g/mol. The second kappa shape index (κ2) is 7.78. The Bertz CT molecular complexity index is 1150. The zero-order valence-corrected chi connectivity index (χ0v) is 16.8. The fourth-order valence-electron chi connectivity index (χ4n) is 3.72. The van der Waals surface area contributed by atoms with Crippen LogP contribution in [0.4, 0.5) is 5.82 Å². The Kier molecular flexibility index (Phi) is 4.82. The highest BCUT2D eigenvalue weighted by Gasteiger charge is 2.33. The first-order chi connectivity index (χ1) is 14.7. The number of aliphatic hydroxyl groups excluding tert-OH is 1. The molecule has 0 fully saturated rings. The average Bonchev–Trinajstić information content (AvgIpc) is 3.43. The summed E-state index contributed by atoms with van der Waals surface area (Å²) >= 11 is 1.58. The number of hydrogen-bond acceptors (Lipinski definition) is 5. The van der Waals surface area contributed by atoms with Crippen LogP contribution < -0.4 is 10.1 Å². The normalized spacial score (nSPS) is 12.7. The number of aromatic nitrogens is 2. The first kappa shape index (κ1) is 18.6. The summed E-state index contributed by atoms with van der Waals surface area (Å²) < 4.78 is 7.62. The molecule has 0 saturated heterocycles. The van der Waals surface area contributed by atoms with Gasteiger partial charge in [-0.15, -0.1) is 11.3 Å². The van der Waals surface area contributed by atoms with Gasteiger partial charge in [-0.25, -0.2) is 4.68 Å². The molecule has 0 spiro atoms. The van der Waals surface area contributed by atoms with Crippen LogP contribution in [0.15, 0.2) is 72.1 Å². The minimum Gasteiger partial charge on any atom is -0.457 e. The van der Waals surface area contributed by atoms with E-state index in [1.807, 2.05) is 72.1 Å². The van der Waals surface area contributed by atoms with Crippen LogP contribution in [0.5, 0.6) is 11.5 Å². The molecule has 2 aromatic heterocycles. The van der Waals surface area contributed by atoms with Crippen LogP contribution in [0.1, 0.15) is 17.0 Å². The average molecular weight is 417 g/mol. The second-order valence-electron chi connectivity index (χ2n) is 6.94. The summed E-state index contributed by atoms with van der Waals surface area (Å²) in [5.41, 5.74) is 2.40. The fourth-order valence-corrected chi connectivity index (χ4v) is 4.40. The maximum Gasteiger partial charge on any atom is 0.237 e. The molecular weight excluding hydrogens is 398 g/mol. The molecule has 0 unspecified atom stereocenters. The maximum atomic E-state index is 13.5. The highest BCUT2D eigenvalue weighted by Crippen LogP contribution is 2.44. The van der Waals surface area contributed by atoms with Crippen LogP contribution in [0.2, 0.25) is 0 Å². The molecule has 1 aliphatic rings. The number of benzene rings is 2. The summed E-state index contributed by atoms with van der Waals surface area (Å²) in [6, 6.07) is 20.9. The Morgan fingerprint density at radius 3 is 2.40 bits per heavy atom. The van der Waals surface area contributed by atoms with Gasteiger partial charge in [-0.1, -0.05) is 42.5 Å². The number of para-hydroxylation sites is 2. The third kappa shape index (κ3) is 3.28. The molecule has 3 heterocycles. The zero-order chi connectivity index (χ0) is 20.5. The summed E-state index contributed by atoms with van der Waals surface area (Å²) in [7, 11) is 0. The van der Waals surface area contributed by atoms with Crippen LogP contribution >= 0.6 is 11.3 Å². The summed E-state index contributed by atoms with van der Waals surface area (Å²) in [4.78, 5) is 14.5. The number of thiophene rings is 1. The van der Waals surface area contributed by atoms with Crippen molar-refractivity contribution in [3.63, 3.8) is 0 Å². The molecule has 2 N–H and O–H groups in total. The molecule has 0 atom stereocenters. The van der Waals surface area contributed by atoms with Crippen LogP contribution in [-0.4, -0.2) is 27.4 Å². The molecule has 2 aromatic carbocycles. The fraction of sp³-hybridized carbons (Fsp3) is 0.130. The van der Waals surface area contributed by atoms with Crippen molar-refractivity contribution in [2.75, 3.05) is 11.9 Å². The molecular formula is C23H19N3O3S. The molecule has 30 heavy (non-hydrogen) atoms. The Morgan fingerprint density at radius 1 is 1.07 bits per heavy atom. The van der Waals surface area contributed by atoms with Gasteiger partial charge in [-0.2, -0.15) is 5.10 Å². The maximum absolute atomic E-state index is 13.5. The van der Waals surface area contributed by atoms with E-state index >= 15 is 0 Å². The SMILES string of the molecule is O=C(Nc1cc(-c2cccs2)nn1CCO)C1c2ccccc2Oc2ccccc21. The number of nitrogens with zero attached hydrogens (tertiary/aromatic N) is 2. The van der Waals surface area contributed by atoms with Gasteiger partial charge in [0.1, 0.15) is 23.0 Å². The van der Waals surface area contributed by atoms with Crippen LogP contribution in [0.25, 0.3) is 10.6 Å². The molecule has 1 amide bonds. The number of amides is 1. The van der Waals surface area contributed by atoms with E-state index in [0.717, 1.165) is 21.7 Å². The Labute approximate surface area is 177 Å². The minimum absolute atomic E-state index is 0.0721. The topological polar surface area (TPSA) is 76.4 Å². The predicted molar refractivity (Wildman–Crippen MR) is 116 cm³/mol. The smallest absolute Gasteiger partial charge is 0.237 e. The molecule has 0 aliphatic carbocycles. The lowest BCUT2D eigenvalue weighted by Gasteiger charge is -2.27. The van der Waals surface area contributed by atoms with E-state index in [0.29, 0.717) is 23.9 Å². The van der Waals surface area contributed by atoms with Gasteiger partial charge >= 0.3 is 0 Å². The van der Waals surface area contributed by atoms with Gasteiger partial charge in [-0.3, -0.25) is 4.79 Å². The van der Waals surface area contributed by atoms with E-state index in [1.54, 1.807) is 16.0 Å². The van der Waals surface area contributed by atoms with Crippen molar-refractivity contribution in [2.45, 2.75) is 12.5 Å². The number of aliphatic hydroxyl groups is 1. The molecule has 1 aliphatic heterocycles. The molecule has 7 heteroatoms. The number of carbonyl (C=O) groups excluding carboxylic acids is 1. The van der Waals surface area contributed by atoms with Gasteiger partial charge < -0.3 is 15.2 Å². The summed E-state index contributed by atoms with van der Waals surface area (Å²) in [6.07, 6.45) is 0. The number of rotatable bonds is 5. The summed E-state index contributed by atoms with van der Waals surface area (Å²) in [6.45, 7) is 0.222. The Balaban J connectivity index is 1.52. The molecule has 6 nitrogen and oxygen atoms in total. The molecule has 0 bridgehead atoms. The van der Waals surface area contributed by atoms with Gasteiger partial charge in [0.25, 0.3) is 0 Å². The van der Waals surface area contributed by atoms with Crippen molar-refractivity contribution in [1.29, 1.82) is 0 Å². The van der Waals surface area contributed by atoms with Gasteiger partial charge in [0.05, 0.1) is 23.9 Å². The van der Waals surface area contributed by atoms with E-state index < -0.39 is 5.92 Å². The number of anilines is 1. The number of hydrogen-bond donors (Lipinski definition) is 2. The van der Waals surface area contributed by atoms with Crippen molar-refractivity contribution in [3.05, 3.63) is 83.2 Å². The number of ether oxygens (including phenoxy) is 1. The lowest BCUT2D eigenvalue weighted by molar-refractivity contribution is -0.116. The standard InChI is InChI=1S/C23H19N3O3S/c27-12-11-26-21(14-17(25-26)20-10-5-13-30-20)24-23(28)22-15-6-1-3-8-18(15)29-19-9-4-2-7-16(19)22/h1-10,13-14,22,27H,11-12H2,(H,24,28). The molecule has 150 valence electrons. The number of fused-ring (bicyclic) bond motifs is 2. The zero-order valence-electron chi connectivity index (χ0n) is 16.0. The highest BCUT2D eigenvalue weighted by molar-refractivity contribution is 7.13. The summed E-state index contributed by atoms with van der Waals surface area (Å²) in [5.74, 6) is 1.24. The second-order valence-corrected chi connectivity index (χ2v) is 7.89. The van der Waals surface area contributed by atoms with Crippen LogP contribution in [-0.2, 0) is 11.3 Å². The van der Waals surface area contributed by atoms with E-state index in [2.05, 4.69) is 10.4 Å². The third-order valence-corrected chi connectivity index (χ3v) is 5.95. The van der Waals surface area contributed by atoms with E-state index in [9.17, 15) is 9.90 Å². The number of carbonyl (C=O) groups is 1. The van der Waals surface area contributed by atoms with Crippen molar-refractivity contribution in [3.8, 4) is 22.1 Å². The van der Waals surface area contributed by atoms with E-state index in [1.165, 1.54) is 0 Å². The van der Waals surface area contributed by atoms with Crippen LogP contribution in [0, 0.1) is 0 Å². The van der Waals surface area contributed by atoms with Gasteiger partial charge in [0, 0.05) is 17.2 Å². The lowest BCUT2D eigenvalue weighted by Crippen LogP contribution is -2.26. The minimum atomic E-state index is -0.506. The largest absolute Gasteiger partial charge is 0.457 e. The summed E-state index contributed by atoms with van der Waals surface area (Å²) in [5, 5.41) is 19.0. The predicted octanol–water partition coefficient (Wildman–Crippen LogP) is 4.48. The van der Waals surface area contributed by atoms with E-state index in [-0.39, 0.29) is 12.5 Å².